The van der Waals surface area contributed by atoms with Gasteiger partial charge in [0.1, 0.15) is 11.6 Å². The summed E-state index contributed by atoms with van der Waals surface area (Å²) in [6.45, 7) is 10.3. The maximum Gasteiger partial charge on any atom is 0.410 e. The molecule has 3 fully saturated rings. The molecule has 4 atom stereocenters. The van der Waals surface area contributed by atoms with Gasteiger partial charge < -0.3 is 14.4 Å². The van der Waals surface area contributed by atoms with E-state index < -0.39 is 29.6 Å². The number of amides is 3. The molecule has 1 aromatic carbocycles. The second-order valence-electron chi connectivity index (χ2n) is 11.1. The third-order valence-electron chi connectivity index (χ3n) is 7.43. The normalized spacial score (nSPS) is 25.3. The van der Waals surface area contributed by atoms with Gasteiger partial charge in [0.25, 0.3) is 0 Å². The molecule has 3 aliphatic rings. The predicted molar refractivity (Wildman–Crippen MR) is 142 cm³/mol. The summed E-state index contributed by atoms with van der Waals surface area (Å²) in [7, 11) is 0. The molecule has 4 heterocycles. The lowest BCUT2D eigenvalue weighted by Gasteiger charge is -2.33. The standard InChI is InChI=1S/C27H34N4O6S/c1-6-36-24(34)16-9-10-17-20(14-16)38-25(28-17)31-18-11-13-30(21(18)15(2)22(31)32)23(33)19-8-7-12-29(19)26(35)37-27(3,4)5/h9-10,14-15,18-19,21H,6-8,11-13H2,1-5H3/t15-,18-,19-,21+/m0/s1. The Hall–Kier alpha value is -3.21. The number of rotatable bonds is 4. The summed E-state index contributed by atoms with van der Waals surface area (Å²) in [6, 6.07) is 4.12. The number of ether oxygens (including phenoxy) is 2. The van der Waals surface area contributed by atoms with Gasteiger partial charge in [-0.15, -0.1) is 0 Å². The van der Waals surface area contributed by atoms with E-state index in [2.05, 4.69) is 0 Å². The summed E-state index contributed by atoms with van der Waals surface area (Å²) in [6.07, 6.45) is 1.48. The molecule has 204 valence electrons. The fourth-order valence-electron chi connectivity index (χ4n) is 5.82. The molecule has 11 heteroatoms. The van der Waals surface area contributed by atoms with Gasteiger partial charge in [0.05, 0.1) is 40.4 Å². The topological polar surface area (TPSA) is 109 Å². The number of hydrogen-bond acceptors (Lipinski definition) is 8. The van der Waals surface area contributed by atoms with E-state index in [1.54, 1.807) is 34.9 Å². The van der Waals surface area contributed by atoms with Crippen molar-refractivity contribution in [2.75, 3.05) is 24.6 Å². The molecule has 3 amide bonds. The van der Waals surface area contributed by atoms with Crippen LogP contribution in [0.3, 0.4) is 0 Å². The zero-order chi connectivity index (χ0) is 27.4. The Bertz CT molecular complexity index is 1290. The minimum Gasteiger partial charge on any atom is -0.462 e. The number of thiazole rings is 1. The molecule has 0 aliphatic carbocycles. The van der Waals surface area contributed by atoms with Gasteiger partial charge in [-0.05, 0) is 65.2 Å². The van der Waals surface area contributed by atoms with Crippen LogP contribution >= 0.6 is 11.3 Å². The van der Waals surface area contributed by atoms with E-state index in [0.29, 0.717) is 48.7 Å². The van der Waals surface area contributed by atoms with Crippen molar-refractivity contribution in [2.45, 2.75) is 77.6 Å². The maximum absolute atomic E-state index is 13.8. The maximum atomic E-state index is 13.8. The van der Waals surface area contributed by atoms with Crippen LogP contribution in [-0.2, 0) is 19.1 Å². The number of fused-ring (bicyclic) bond motifs is 2. The Morgan fingerprint density at radius 2 is 1.89 bits per heavy atom. The Kier molecular flexibility index (Phi) is 6.83. The highest BCUT2D eigenvalue weighted by Crippen LogP contribution is 2.42. The Morgan fingerprint density at radius 3 is 2.61 bits per heavy atom. The van der Waals surface area contributed by atoms with Crippen molar-refractivity contribution in [1.29, 1.82) is 0 Å². The van der Waals surface area contributed by atoms with Gasteiger partial charge >= 0.3 is 12.1 Å². The van der Waals surface area contributed by atoms with Gasteiger partial charge in [-0.25, -0.2) is 14.6 Å². The summed E-state index contributed by atoms with van der Waals surface area (Å²) in [5.41, 5.74) is 0.497. The molecular weight excluding hydrogens is 508 g/mol. The Balaban J connectivity index is 1.37. The van der Waals surface area contributed by atoms with Crippen LogP contribution in [0.15, 0.2) is 18.2 Å². The quantitative estimate of drug-likeness (QED) is 0.540. The molecule has 0 spiro atoms. The van der Waals surface area contributed by atoms with Crippen LogP contribution in [0.1, 0.15) is 64.2 Å². The third-order valence-corrected chi connectivity index (χ3v) is 8.45. The summed E-state index contributed by atoms with van der Waals surface area (Å²) in [5.74, 6) is -0.985. The predicted octanol–water partition coefficient (Wildman–Crippen LogP) is 3.82. The number of anilines is 1. The summed E-state index contributed by atoms with van der Waals surface area (Å²) in [5, 5.41) is 0.566. The fourth-order valence-corrected chi connectivity index (χ4v) is 6.89. The Morgan fingerprint density at radius 1 is 1.13 bits per heavy atom. The Labute approximate surface area is 225 Å². The van der Waals surface area contributed by atoms with Crippen molar-refractivity contribution in [3.63, 3.8) is 0 Å². The smallest absolute Gasteiger partial charge is 0.410 e. The van der Waals surface area contributed by atoms with Gasteiger partial charge in [0.15, 0.2) is 5.13 Å². The molecule has 0 bridgehead atoms. The van der Waals surface area contributed by atoms with Crippen LogP contribution in [0.4, 0.5) is 9.93 Å². The van der Waals surface area contributed by atoms with Gasteiger partial charge in [-0.2, -0.15) is 0 Å². The summed E-state index contributed by atoms with van der Waals surface area (Å²) < 4.78 is 11.4. The van der Waals surface area contributed by atoms with E-state index in [4.69, 9.17) is 14.5 Å². The number of benzene rings is 1. The highest BCUT2D eigenvalue weighted by molar-refractivity contribution is 7.22. The van der Waals surface area contributed by atoms with Crippen molar-refractivity contribution in [3.8, 4) is 0 Å². The van der Waals surface area contributed by atoms with Crippen molar-refractivity contribution >= 4 is 50.6 Å². The average Bonchev–Trinajstić information content (AvgIpc) is 3.62. The van der Waals surface area contributed by atoms with E-state index in [1.807, 2.05) is 27.7 Å². The summed E-state index contributed by atoms with van der Waals surface area (Å²) in [4.78, 5) is 62.0. The van der Waals surface area contributed by atoms with E-state index >= 15 is 0 Å². The number of carbonyl (C=O) groups is 4. The van der Waals surface area contributed by atoms with Crippen molar-refractivity contribution in [3.05, 3.63) is 23.8 Å². The third kappa shape index (κ3) is 4.61. The fraction of sp³-hybridized carbons (Fsp3) is 0.593. The van der Waals surface area contributed by atoms with E-state index in [-0.39, 0.29) is 23.9 Å². The number of aromatic nitrogens is 1. The van der Waals surface area contributed by atoms with Gasteiger partial charge in [0, 0.05) is 13.1 Å². The average molecular weight is 543 g/mol. The van der Waals surface area contributed by atoms with E-state index in [0.717, 1.165) is 11.1 Å². The van der Waals surface area contributed by atoms with Gasteiger partial charge in [-0.3, -0.25) is 19.4 Å². The molecule has 1 aromatic heterocycles. The first kappa shape index (κ1) is 26.4. The second kappa shape index (κ2) is 9.83. The van der Waals surface area contributed by atoms with Gasteiger partial charge in [-0.1, -0.05) is 18.3 Å². The molecule has 0 radical (unpaired) electrons. The minimum atomic E-state index is -0.646. The monoisotopic (exact) mass is 542 g/mol. The highest BCUT2D eigenvalue weighted by Gasteiger charge is 2.55. The van der Waals surface area contributed by atoms with E-state index in [9.17, 15) is 19.2 Å². The highest BCUT2D eigenvalue weighted by atomic mass is 32.1. The molecule has 2 aromatic rings. The molecular formula is C27H34N4O6S. The van der Waals surface area contributed by atoms with Crippen LogP contribution in [0.5, 0.6) is 0 Å². The van der Waals surface area contributed by atoms with Crippen molar-refractivity contribution in [2.24, 2.45) is 5.92 Å². The second-order valence-corrected chi connectivity index (χ2v) is 12.1. The van der Waals surface area contributed by atoms with Crippen LogP contribution in [0.2, 0.25) is 0 Å². The molecule has 0 saturated carbocycles. The molecule has 38 heavy (non-hydrogen) atoms. The molecule has 0 N–H and O–H groups in total. The van der Waals surface area contributed by atoms with Crippen LogP contribution < -0.4 is 4.90 Å². The molecule has 5 rings (SSSR count). The molecule has 0 unspecified atom stereocenters. The number of esters is 1. The van der Waals surface area contributed by atoms with Crippen molar-refractivity contribution in [1.82, 2.24) is 14.8 Å². The summed E-state index contributed by atoms with van der Waals surface area (Å²) >= 11 is 1.36. The SMILES string of the molecule is CCOC(=O)c1ccc2nc(N3C(=O)[C@@H](C)[C@@H]4[C@@H]3CCN4C(=O)[C@@H]3CCCN3C(=O)OC(C)(C)C)sc2c1. The number of nitrogens with zero attached hydrogens (tertiary/aromatic N) is 4. The van der Waals surface area contributed by atoms with Crippen molar-refractivity contribution < 1.29 is 28.7 Å². The number of carbonyl (C=O) groups excluding carboxylic acids is 4. The number of likely N-dealkylation sites (tertiary alicyclic amines) is 2. The molecule has 3 aliphatic heterocycles. The van der Waals surface area contributed by atoms with Gasteiger partial charge in [0.2, 0.25) is 11.8 Å². The zero-order valence-corrected chi connectivity index (χ0v) is 23.2. The lowest BCUT2D eigenvalue weighted by Crippen LogP contribution is -2.52. The lowest BCUT2D eigenvalue weighted by atomic mass is 10.0. The largest absolute Gasteiger partial charge is 0.462 e. The first-order chi connectivity index (χ1) is 18.0. The first-order valence-electron chi connectivity index (χ1n) is 13.2. The molecule has 10 nitrogen and oxygen atoms in total. The number of hydrogen-bond donors (Lipinski definition) is 0. The minimum absolute atomic E-state index is 0.0717. The molecule has 3 saturated heterocycles. The first-order valence-corrected chi connectivity index (χ1v) is 14.0. The van der Waals surface area contributed by atoms with Crippen LogP contribution in [0, 0.1) is 5.92 Å². The zero-order valence-electron chi connectivity index (χ0n) is 22.4. The van der Waals surface area contributed by atoms with E-state index in [1.165, 1.54) is 16.2 Å². The lowest BCUT2D eigenvalue weighted by molar-refractivity contribution is -0.137. The van der Waals surface area contributed by atoms with Crippen LogP contribution in [-0.4, -0.2) is 82.1 Å². The van der Waals surface area contributed by atoms with Crippen LogP contribution in [0.25, 0.3) is 10.2 Å².